The SMILES string of the molecule is Cc1ccc(NC(=O)CN2CCC(n3c(=O)[nH]c4ccccc43)CC2)cc1. The number of benzene rings is 2. The Morgan fingerprint density at radius 2 is 1.81 bits per heavy atom. The molecule has 0 spiro atoms. The lowest BCUT2D eigenvalue weighted by atomic mass is 10.0. The number of anilines is 1. The Hall–Kier alpha value is -2.86. The van der Waals surface area contributed by atoms with Crippen LogP contribution in [0, 0.1) is 6.92 Å². The molecule has 0 saturated carbocycles. The molecule has 1 saturated heterocycles. The van der Waals surface area contributed by atoms with Crippen LogP contribution in [0.2, 0.25) is 0 Å². The Balaban J connectivity index is 1.36. The van der Waals surface area contributed by atoms with Crippen molar-refractivity contribution in [3.63, 3.8) is 0 Å². The minimum atomic E-state index is -0.0493. The number of aryl methyl sites for hydroxylation is 1. The number of hydrogen-bond donors (Lipinski definition) is 2. The molecule has 1 aromatic heterocycles. The Bertz CT molecular complexity index is 995. The molecule has 4 rings (SSSR count). The van der Waals surface area contributed by atoms with Crippen LogP contribution in [0.1, 0.15) is 24.4 Å². The highest BCUT2D eigenvalue weighted by Gasteiger charge is 2.24. The van der Waals surface area contributed by atoms with E-state index in [1.54, 1.807) is 0 Å². The fourth-order valence-electron chi connectivity index (χ4n) is 3.81. The van der Waals surface area contributed by atoms with Crippen LogP contribution in [0.25, 0.3) is 11.0 Å². The molecule has 0 atom stereocenters. The maximum Gasteiger partial charge on any atom is 0.326 e. The van der Waals surface area contributed by atoms with Crippen molar-refractivity contribution >= 4 is 22.6 Å². The van der Waals surface area contributed by atoms with Gasteiger partial charge in [0.25, 0.3) is 0 Å². The van der Waals surface area contributed by atoms with Crippen LogP contribution in [0.4, 0.5) is 5.69 Å². The second-order valence-electron chi connectivity index (χ2n) is 7.24. The summed E-state index contributed by atoms with van der Waals surface area (Å²) < 4.78 is 1.87. The molecule has 140 valence electrons. The second-order valence-corrected chi connectivity index (χ2v) is 7.24. The molecule has 0 bridgehead atoms. The third-order valence-electron chi connectivity index (χ3n) is 5.25. The van der Waals surface area contributed by atoms with Crippen LogP contribution >= 0.6 is 0 Å². The first-order valence-electron chi connectivity index (χ1n) is 9.38. The number of carbonyl (C=O) groups is 1. The van der Waals surface area contributed by atoms with Crippen LogP contribution in [-0.4, -0.2) is 40.0 Å². The molecule has 0 unspecified atom stereocenters. The standard InChI is InChI=1S/C21H24N4O2/c1-15-6-8-16(9-7-15)22-20(26)14-24-12-10-17(11-13-24)25-19-5-3-2-4-18(19)23-21(25)27/h2-9,17H,10-14H2,1H3,(H,22,26)(H,23,27). The average Bonchev–Trinajstić information content (AvgIpc) is 3.00. The van der Waals surface area contributed by atoms with Gasteiger partial charge in [0.15, 0.2) is 0 Å². The number of nitrogens with one attached hydrogen (secondary N) is 2. The van der Waals surface area contributed by atoms with Gasteiger partial charge in [-0.15, -0.1) is 0 Å². The molecule has 0 aliphatic carbocycles. The number of nitrogens with zero attached hydrogens (tertiary/aromatic N) is 2. The number of fused-ring (bicyclic) bond motifs is 1. The molecule has 1 aliphatic rings. The van der Waals surface area contributed by atoms with Gasteiger partial charge in [-0.25, -0.2) is 4.79 Å². The average molecular weight is 364 g/mol. The second kappa shape index (κ2) is 7.40. The van der Waals surface area contributed by atoms with E-state index in [-0.39, 0.29) is 17.6 Å². The zero-order chi connectivity index (χ0) is 18.8. The molecule has 2 heterocycles. The molecule has 6 nitrogen and oxygen atoms in total. The van der Waals surface area contributed by atoms with E-state index in [1.165, 1.54) is 5.56 Å². The lowest BCUT2D eigenvalue weighted by molar-refractivity contribution is -0.117. The minimum Gasteiger partial charge on any atom is -0.325 e. The van der Waals surface area contributed by atoms with E-state index in [4.69, 9.17) is 0 Å². The summed E-state index contributed by atoms with van der Waals surface area (Å²) in [6.45, 7) is 4.01. The predicted molar refractivity (Wildman–Crippen MR) is 107 cm³/mol. The highest BCUT2D eigenvalue weighted by Crippen LogP contribution is 2.24. The van der Waals surface area contributed by atoms with Crippen LogP contribution in [0.5, 0.6) is 0 Å². The van der Waals surface area contributed by atoms with Gasteiger partial charge in [0.2, 0.25) is 5.91 Å². The molecule has 0 radical (unpaired) electrons. The predicted octanol–water partition coefficient (Wildman–Crippen LogP) is 2.91. The quantitative estimate of drug-likeness (QED) is 0.748. The highest BCUT2D eigenvalue weighted by molar-refractivity contribution is 5.92. The summed E-state index contributed by atoms with van der Waals surface area (Å²) in [6, 6.07) is 15.8. The van der Waals surface area contributed by atoms with Crippen molar-refractivity contribution in [1.82, 2.24) is 14.5 Å². The summed E-state index contributed by atoms with van der Waals surface area (Å²) in [5, 5.41) is 2.95. The zero-order valence-corrected chi connectivity index (χ0v) is 15.4. The van der Waals surface area contributed by atoms with Gasteiger partial charge in [0.1, 0.15) is 0 Å². The largest absolute Gasteiger partial charge is 0.326 e. The first kappa shape index (κ1) is 17.5. The first-order chi connectivity index (χ1) is 13.1. The number of likely N-dealkylation sites (tertiary alicyclic amines) is 1. The van der Waals surface area contributed by atoms with E-state index >= 15 is 0 Å². The molecule has 3 aromatic rings. The van der Waals surface area contributed by atoms with Gasteiger partial charge in [-0.1, -0.05) is 29.8 Å². The normalized spacial score (nSPS) is 15.9. The minimum absolute atomic E-state index is 0.00145. The number of carbonyl (C=O) groups excluding carboxylic acids is 1. The number of imidazole rings is 1. The number of H-pyrrole nitrogens is 1. The van der Waals surface area contributed by atoms with Crippen LogP contribution in [0.3, 0.4) is 0 Å². The number of hydrogen-bond acceptors (Lipinski definition) is 3. The highest BCUT2D eigenvalue weighted by atomic mass is 16.2. The summed E-state index contributed by atoms with van der Waals surface area (Å²) in [4.78, 5) is 29.7. The molecule has 6 heteroatoms. The molecular weight excluding hydrogens is 340 g/mol. The van der Waals surface area contributed by atoms with Crippen molar-refractivity contribution in [3.8, 4) is 0 Å². The fraction of sp³-hybridized carbons (Fsp3) is 0.333. The summed E-state index contributed by atoms with van der Waals surface area (Å²) in [7, 11) is 0. The fourth-order valence-corrected chi connectivity index (χ4v) is 3.81. The van der Waals surface area contributed by atoms with E-state index in [0.717, 1.165) is 42.7 Å². The Morgan fingerprint density at radius 1 is 1.11 bits per heavy atom. The summed E-state index contributed by atoms with van der Waals surface area (Å²) in [5.74, 6) is 0.00145. The van der Waals surface area contributed by atoms with Crippen molar-refractivity contribution in [3.05, 3.63) is 64.6 Å². The monoisotopic (exact) mass is 364 g/mol. The van der Waals surface area contributed by atoms with Crippen molar-refractivity contribution in [1.29, 1.82) is 0 Å². The molecule has 2 N–H and O–H groups in total. The van der Waals surface area contributed by atoms with E-state index < -0.39 is 0 Å². The van der Waals surface area contributed by atoms with E-state index in [9.17, 15) is 9.59 Å². The molecular formula is C21H24N4O2. The van der Waals surface area contributed by atoms with Gasteiger partial charge in [0.05, 0.1) is 17.6 Å². The Labute approximate surface area is 157 Å². The van der Waals surface area contributed by atoms with Crippen molar-refractivity contribution in [2.75, 3.05) is 25.0 Å². The van der Waals surface area contributed by atoms with Gasteiger partial charge in [-0.05, 0) is 44.0 Å². The Morgan fingerprint density at radius 3 is 2.56 bits per heavy atom. The number of rotatable bonds is 4. The van der Waals surface area contributed by atoms with Crippen molar-refractivity contribution < 1.29 is 4.79 Å². The number of aromatic nitrogens is 2. The van der Waals surface area contributed by atoms with E-state index in [2.05, 4.69) is 15.2 Å². The molecule has 1 aliphatic heterocycles. The Kier molecular flexibility index (Phi) is 4.81. The van der Waals surface area contributed by atoms with Gasteiger partial charge < -0.3 is 10.3 Å². The maximum absolute atomic E-state index is 12.4. The van der Waals surface area contributed by atoms with Crippen molar-refractivity contribution in [2.24, 2.45) is 0 Å². The summed E-state index contributed by atoms with van der Waals surface area (Å²) >= 11 is 0. The van der Waals surface area contributed by atoms with E-state index in [1.807, 2.05) is 60.0 Å². The van der Waals surface area contributed by atoms with Crippen LogP contribution in [-0.2, 0) is 4.79 Å². The maximum atomic E-state index is 12.4. The van der Waals surface area contributed by atoms with Crippen LogP contribution < -0.4 is 11.0 Å². The third-order valence-corrected chi connectivity index (χ3v) is 5.25. The lowest BCUT2D eigenvalue weighted by Crippen LogP contribution is -2.40. The van der Waals surface area contributed by atoms with Gasteiger partial charge in [-0.3, -0.25) is 14.3 Å². The summed E-state index contributed by atoms with van der Waals surface area (Å²) in [6.07, 6.45) is 1.72. The smallest absolute Gasteiger partial charge is 0.325 e. The van der Waals surface area contributed by atoms with Gasteiger partial charge >= 0.3 is 5.69 Å². The van der Waals surface area contributed by atoms with E-state index in [0.29, 0.717) is 6.54 Å². The summed E-state index contributed by atoms with van der Waals surface area (Å²) in [5.41, 5.74) is 3.78. The molecule has 1 amide bonds. The number of amides is 1. The molecule has 2 aromatic carbocycles. The van der Waals surface area contributed by atoms with Gasteiger partial charge in [-0.2, -0.15) is 0 Å². The topological polar surface area (TPSA) is 70.1 Å². The van der Waals surface area contributed by atoms with Gasteiger partial charge in [0, 0.05) is 24.8 Å². The number of para-hydroxylation sites is 2. The molecule has 27 heavy (non-hydrogen) atoms. The zero-order valence-electron chi connectivity index (χ0n) is 15.4. The number of piperidine rings is 1. The van der Waals surface area contributed by atoms with Crippen molar-refractivity contribution in [2.45, 2.75) is 25.8 Å². The lowest BCUT2D eigenvalue weighted by Gasteiger charge is -2.32. The first-order valence-corrected chi connectivity index (χ1v) is 9.38. The number of aromatic amines is 1. The molecule has 1 fully saturated rings. The third kappa shape index (κ3) is 3.80. The van der Waals surface area contributed by atoms with Crippen LogP contribution in [0.15, 0.2) is 53.3 Å².